The number of nitrogens with zero attached hydrogens (tertiary/aromatic N) is 1. The fraction of sp³-hybridized carbons (Fsp3) is 0.312. The minimum absolute atomic E-state index is 0.275. The molecule has 2 rings (SSSR count). The zero-order chi connectivity index (χ0) is 13.7. The van der Waals surface area contributed by atoms with Crippen LogP contribution >= 0.6 is 0 Å². The average molecular weight is 256 g/mol. The molecule has 0 amide bonds. The van der Waals surface area contributed by atoms with E-state index in [2.05, 4.69) is 41.5 Å². The van der Waals surface area contributed by atoms with Gasteiger partial charge in [0.05, 0.1) is 25.0 Å². The van der Waals surface area contributed by atoms with Gasteiger partial charge in [-0.15, -0.1) is 0 Å². The van der Waals surface area contributed by atoms with Crippen LogP contribution in [0.25, 0.3) is 0 Å². The number of hydrogen-bond acceptors (Lipinski definition) is 3. The molecule has 1 N–H and O–H groups in total. The molecular weight excluding hydrogens is 236 g/mol. The number of rotatable bonds is 5. The van der Waals surface area contributed by atoms with Crippen LogP contribution < -0.4 is 10.1 Å². The minimum Gasteiger partial charge on any atom is -0.493 e. The summed E-state index contributed by atoms with van der Waals surface area (Å²) in [5, 5.41) is 3.54. The van der Waals surface area contributed by atoms with E-state index in [0.29, 0.717) is 0 Å². The summed E-state index contributed by atoms with van der Waals surface area (Å²) < 4.78 is 5.36. The topological polar surface area (TPSA) is 34.2 Å². The molecule has 3 heteroatoms. The van der Waals surface area contributed by atoms with Gasteiger partial charge in [-0.3, -0.25) is 4.98 Å². The molecule has 0 aliphatic carbocycles. The van der Waals surface area contributed by atoms with Crippen LogP contribution in [-0.2, 0) is 0 Å². The highest BCUT2D eigenvalue weighted by Crippen LogP contribution is 2.29. The van der Waals surface area contributed by atoms with Gasteiger partial charge in [0, 0.05) is 5.69 Å². The maximum atomic E-state index is 5.36. The SMILES string of the molecule is CCC(Nc1cc(C)ncc1OC)c1ccccc1. The standard InChI is InChI=1S/C16H20N2O/c1-4-14(13-8-6-5-7-9-13)18-15-10-12(2)17-11-16(15)19-3/h5-11,14H,4H2,1-3H3,(H,17,18). The largest absolute Gasteiger partial charge is 0.493 e. The number of anilines is 1. The van der Waals surface area contributed by atoms with E-state index in [1.807, 2.05) is 19.1 Å². The third-order valence-corrected chi connectivity index (χ3v) is 3.16. The molecule has 0 bridgehead atoms. The van der Waals surface area contributed by atoms with Gasteiger partial charge >= 0.3 is 0 Å². The van der Waals surface area contributed by atoms with E-state index < -0.39 is 0 Å². The van der Waals surface area contributed by atoms with Gasteiger partial charge in [-0.05, 0) is 25.0 Å². The predicted octanol–water partition coefficient (Wildman–Crippen LogP) is 3.96. The van der Waals surface area contributed by atoms with Gasteiger partial charge in [-0.2, -0.15) is 0 Å². The lowest BCUT2D eigenvalue weighted by Gasteiger charge is -2.20. The minimum atomic E-state index is 0.275. The second-order valence-electron chi connectivity index (χ2n) is 4.54. The first-order valence-electron chi connectivity index (χ1n) is 6.56. The van der Waals surface area contributed by atoms with Crippen molar-refractivity contribution in [2.75, 3.05) is 12.4 Å². The Morgan fingerprint density at radius 3 is 2.63 bits per heavy atom. The van der Waals surface area contributed by atoms with Crippen molar-refractivity contribution in [3.63, 3.8) is 0 Å². The predicted molar refractivity (Wildman–Crippen MR) is 78.6 cm³/mol. The molecule has 2 aromatic rings. The van der Waals surface area contributed by atoms with Crippen LogP contribution in [0.2, 0.25) is 0 Å². The number of nitrogens with one attached hydrogen (secondary N) is 1. The molecule has 1 atom stereocenters. The van der Waals surface area contributed by atoms with Crippen molar-refractivity contribution in [3.8, 4) is 5.75 Å². The van der Waals surface area contributed by atoms with Crippen molar-refractivity contribution in [1.29, 1.82) is 0 Å². The highest BCUT2D eigenvalue weighted by molar-refractivity contribution is 5.57. The first-order valence-corrected chi connectivity index (χ1v) is 6.56. The van der Waals surface area contributed by atoms with Gasteiger partial charge in [0.1, 0.15) is 0 Å². The maximum absolute atomic E-state index is 5.36. The monoisotopic (exact) mass is 256 g/mol. The first kappa shape index (κ1) is 13.4. The second kappa shape index (κ2) is 6.23. The van der Waals surface area contributed by atoms with Crippen LogP contribution in [0.5, 0.6) is 5.75 Å². The Labute approximate surface area is 114 Å². The Kier molecular flexibility index (Phi) is 4.39. The third kappa shape index (κ3) is 3.25. The molecule has 3 nitrogen and oxygen atoms in total. The van der Waals surface area contributed by atoms with E-state index in [4.69, 9.17) is 4.74 Å². The normalized spacial score (nSPS) is 11.9. The van der Waals surface area contributed by atoms with Crippen molar-refractivity contribution < 1.29 is 4.74 Å². The van der Waals surface area contributed by atoms with Crippen molar-refractivity contribution in [1.82, 2.24) is 4.98 Å². The van der Waals surface area contributed by atoms with Crippen molar-refractivity contribution in [2.24, 2.45) is 0 Å². The number of aromatic nitrogens is 1. The van der Waals surface area contributed by atoms with Gasteiger partial charge in [-0.25, -0.2) is 0 Å². The van der Waals surface area contributed by atoms with E-state index in [9.17, 15) is 0 Å². The number of benzene rings is 1. The molecule has 0 aliphatic heterocycles. The smallest absolute Gasteiger partial charge is 0.160 e. The van der Waals surface area contributed by atoms with Crippen LogP contribution in [-0.4, -0.2) is 12.1 Å². The zero-order valence-corrected chi connectivity index (χ0v) is 11.7. The average Bonchev–Trinajstić information content (AvgIpc) is 2.46. The zero-order valence-electron chi connectivity index (χ0n) is 11.7. The van der Waals surface area contributed by atoms with E-state index in [0.717, 1.165) is 23.6 Å². The first-order chi connectivity index (χ1) is 9.24. The van der Waals surface area contributed by atoms with Crippen molar-refractivity contribution >= 4 is 5.69 Å². The summed E-state index contributed by atoms with van der Waals surface area (Å²) in [6.45, 7) is 4.15. The van der Waals surface area contributed by atoms with Crippen LogP contribution in [0.15, 0.2) is 42.6 Å². The van der Waals surface area contributed by atoms with Gasteiger partial charge in [0.15, 0.2) is 5.75 Å². The fourth-order valence-corrected chi connectivity index (χ4v) is 2.12. The highest BCUT2D eigenvalue weighted by atomic mass is 16.5. The number of methoxy groups -OCH3 is 1. The van der Waals surface area contributed by atoms with E-state index in [1.54, 1.807) is 13.3 Å². The van der Waals surface area contributed by atoms with Crippen LogP contribution in [0, 0.1) is 6.92 Å². The summed E-state index contributed by atoms with van der Waals surface area (Å²) in [6.07, 6.45) is 2.77. The Morgan fingerprint density at radius 2 is 2.00 bits per heavy atom. The quantitative estimate of drug-likeness (QED) is 0.879. The number of aryl methyl sites for hydroxylation is 1. The number of pyridine rings is 1. The van der Waals surface area contributed by atoms with Crippen LogP contribution in [0.4, 0.5) is 5.69 Å². The molecule has 0 saturated heterocycles. The summed E-state index contributed by atoms with van der Waals surface area (Å²) in [7, 11) is 1.67. The molecule has 0 radical (unpaired) electrons. The van der Waals surface area contributed by atoms with Gasteiger partial charge in [0.25, 0.3) is 0 Å². The third-order valence-electron chi connectivity index (χ3n) is 3.16. The van der Waals surface area contributed by atoms with Gasteiger partial charge < -0.3 is 10.1 Å². The molecule has 1 aromatic carbocycles. The van der Waals surface area contributed by atoms with E-state index in [-0.39, 0.29) is 6.04 Å². The molecule has 100 valence electrons. The molecule has 0 saturated carbocycles. The summed E-state index contributed by atoms with van der Waals surface area (Å²) in [6, 6.07) is 12.7. The molecule has 1 unspecified atom stereocenters. The lowest BCUT2D eigenvalue weighted by atomic mass is 10.0. The molecule has 1 aromatic heterocycles. The van der Waals surface area contributed by atoms with Crippen LogP contribution in [0.1, 0.15) is 30.6 Å². The second-order valence-corrected chi connectivity index (χ2v) is 4.54. The molecule has 0 spiro atoms. The van der Waals surface area contributed by atoms with Gasteiger partial charge in [-0.1, -0.05) is 37.3 Å². The molecule has 1 heterocycles. The fourth-order valence-electron chi connectivity index (χ4n) is 2.12. The molecule has 0 fully saturated rings. The molecular formula is C16H20N2O. The summed E-state index contributed by atoms with van der Waals surface area (Å²) in [5.74, 6) is 0.778. The maximum Gasteiger partial charge on any atom is 0.160 e. The van der Waals surface area contributed by atoms with Crippen molar-refractivity contribution in [3.05, 3.63) is 53.9 Å². The molecule has 19 heavy (non-hydrogen) atoms. The Balaban J connectivity index is 2.26. The van der Waals surface area contributed by atoms with E-state index in [1.165, 1.54) is 5.56 Å². The Bertz CT molecular complexity index is 526. The van der Waals surface area contributed by atoms with Gasteiger partial charge in [0.2, 0.25) is 0 Å². The summed E-state index contributed by atoms with van der Waals surface area (Å²) >= 11 is 0. The Morgan fingerprint density at radius 1 is 1.26 bits per heavy atom. The molecule has 0 aliphatic rings. The lowest BCUT2D eigenvalue weighted by Crippen LogP contribution is -2.10. The number of ether oxygens (including phenoxy) is 1. The highest BCUT2D eigenvalue weighted by Gasteiger charge is 2.12. The van der Waals surface area contributed by atoms with E-state index >= 15 is 0 Å². The van der Waals surface area contributed by atoms with Crippen LogP contribution in [0.3, 0.4) is 0 Å². The summed E-state index contributed by atoms with van der Waals surface area (Å²) in [4.78, 5) is 4.25. The number of hydrogen-bond donors (Lipinski definition) is 1. The Hall–Kier alpha value is -2.03. The van der Waals surface area contributed by atoms with Crippen molar-refractivity contribution in [2.45, 2.75) is 26.3 Å². The lowest BCUT2D eigenvalue weighted by molar-refractivity contribution is 0.414. The summed E-state index contributed by atoms with van der Waals surface area (Å²) in [5.41, 5.74) is 3.25.